The van der Waals surface area contributed by atoms with Crippen molar-refractivity contribution in [3.63, 3.8) is 0 Å². The summed E-state index contributed by atoms with van der Waals surface area (Å²) in [6.45, 7) is 13.6. The number of unbranched alkanes of at least 4 members (excludes halogenated alkanes) is 7. The van der Waals surface area contributed by atoms with Crippen molar-refractivity contribution in [2.24, 2.45) is 0 Å². The highest BCUT2D eigenvalue weighted by Crippen LogP contribution is 2.10. The molecule has 0 fully saturated rings. The molecule has 1 atom stereocenters. The minimum absolute atomic E-state index is 0.0806. The first-order chi connectivity index (χ1) is 12.5. The van der Waals surface area contributed by atoms with Gasteiger partial charge in [-0.15, -0.1) is 0 Å². The van der Waals surface area contributed by atoms with Gasteiger partial charge in [-0.3, -0.25) is 0 Å². The largest absolute Gasteiger partial charge is 0.463 e. The van der Waals surface area contributed by atoms with Crippen LogP contribution in [0.4, 0.5) is 0 Å². The fourth-order valence-corrected chi connectivity index (χ4v) is 2.29. The topological polar surface area (TPSA) is 52.6 Å². The molecule has 0 amide bonds. The molecule has 0 rings (SSSR count). The molecule has 0 spiro atoms. The molecule has 0 radical (unpaired) electrons. The van der Waals surface area contributed by atoms with Crippen LogP contribution < -0.4 is 0 Å². The standard InChI is InChI=1S/2C11H20O2/c1-4-7-8-9-10(5-2)13-11(12)6-3;1-3-5-6-7-8-9-10-13-11(12)4-2/h6,10H,3-5,7-9H2,1-2H3;4H,2-3,5-10H2,1H3. The van der Waals surface area contributed by atoms with Crippen LogP contribution in [0.3, 0.4) is 0 Å². The average Bonchev–Trinajstić information content (AvgIpc) is 2.66. The van der Waals surface area contributed by atoms with Crippen molar-refractivity contribution in [3.05, 3.63) is 25.3 Å². The number of esters is 2. The van der Waals surface area contributed by atoms with Crippen LogP contribution in [0.25, 0.3) is 0 Å². The Morgan fingerprint density at radius 2 is 1.35 bits per heavy atom. The van der Waals surface area contributed by atoms with E-state index in [9.17, 15) is 9.59 Å². The molecule has 4 nitrogen and oxygen atoms in total. The fourth-order valence-electron chi connectivity index (χ4n) is 2.29. The summed E-state index contributed by atoms with van der Waals surface area (Å²) in [7, 11) is 0. The normalized spacial score (nSPS) is 10.9. The Labute approximate surface area is 161 Å². The van der Waals surface area contributed by atoms with E-state index >= 15 is 0 Å². The third kappa shape index (κ3) is 20.5. The van der Waals surface area contributed by atoms with Crippen LogP contribution >= 0.6 is 0 Å². The Bertz CT molecular complexity index is 363. The first-order valence-electron chi connectivity index (χ1n) is 10.2. The molecule has 26 heavy (non-hydrogen) atoms. The van der Waals surface area contributed by atoms with Gasteiger partial charge in [0.15, 0.2) is 0 Å². The summed E-state index contributed by atoms with van der Waals surface area (Å²) in [4.78, 5) is 21.5. The van der Waals surface area contributed by atoms with Crippen molar-refractivity contribution >= 4 is 11.9 Å². The highest BCUT2D eigenvalue weighted by Gasteiger charge is 2.09. The van der Waals surface area contributed by atoms with Gasteiger partial charge in [0.25, 0.3) is 0 Å². The summed E-state index contributed by atoms with van der Waals surface area (Å²) in [5.74, 6) is -0.614. The predicted octanol–water partition coefficient (Wildman–Crippen LogP) is 6.15. The molecule has 0 saturated carbocycles. The van der Waals surface area contributed by atoms with Crippen molar-refractivity contribution in [1.82, 2.24) is 0 Å². The number of carbonyl (C=O) groups is 2. The molecule has 152 valence electrons. The molecule has 1 unspecified atom stereocenters. The Kier molecular flexibility index (Phi) is 22.0. The molecular weight excluding hydrogens is 328 g/mol. The summed E-state index contributed by atoms with van der Waals surface area (Å²) < 4.78 is 9.98. The van der Waals surface area contributed by atoms with Crippen LogP contribution in [0.2, 0.25) is 0 Å². The second-order valence-electron chi connectivity index (χ2n) is 6.31. The fraction of sp³-hybridized carbons (Fsp3) is 0.727. The minimum Gasteiger partial charge on any atom is -0.463 e. The van der Waals surface area contributed by atoms with Crippen molar-refractivity contribution in [2.75, 3.05) is 6.61 Å². The van der Waals surface area contributed by atoms with Crippen LogP contribution in [-0.4, -0.2) is 24.6 Å². The van der Waals surface area contributed by atoms with Gasteiger partial charge in [-0.05, 0) is 25.7 Å². The van der Waals surface area contributed by atoms with E-state index in [4.69, 9.17) is 9.47 Å². The van der Waals surface area contributed by atoms with Gasteiger partial charge in [-0.1, -0.05) is 78.9 Å². The molecule has 0 aliphatic rings. The Balaban J connectivity index is 0. The van der Waals surface area contributed by atoms with Gasteiger partial charge < -0.3 is 9.47 Å². The lowest BCUT2D eigenvalue weighted by molar-refractivity contribution is -0.143. The van der Waals surface area contributed by atoms with Crippen LogP contribution in [0, 0.1) is 0 Å². The summed E-state index contributed by atoms with van der Waals surface area (Å²) >= 11 is 0. The maximum absolute atomic E-state index is 10.9. The van der Waals surface area contributed by atoms with Crippen LogP contribution in [-0.2, 0) is 19.1 Å². The number of hydrogen-bond donors (Lipinski definition) is 0. The van der Waals surface area contributed by atoms with Crippen LogP contribution in [0.1, 0.15) is 91.4 Å². The van der Waals surface area contributed by atoms with E-state index < -0.39 is 0 Å². The second kappa shape index (κ2) is 21.5. The van der Waals surface area contributed by atoms with Crippen molar-refractivity contribution < 1.29 is 19.1 Å². The number of hydrogen-bond acceptors (Lipinski definition) is 4. The van der Waals surface area contributed by atoms with E-state index in [0.717, 1.165) is 32.1 Å². The highest BCUT2D eigenvalue weighted by atomic mass is 16.5. The Morgan fingerprint density at radius 3 is 1.88 bits per heavy atom. The lowest BCUT2D eigenvalue weighted by Crippen LogP contribution is -2.15. The highest BCUT2D eigenvalue weighted by molar-refractivity contribution is 5.81. The molecule has 0 aliphatic carbocycles. The zero-order valence-electron chi connectivity index (χ0n) is 17.3. The molecule has 0 saturated heterocycles. The number of rotatable bonds is 15. The van der Waals surface area contributed by atoms with Gasteiger partial charge >= 0.3 is 11.9 Å². The van der Waals surface area contributed by atoms with Gasteiger partial charge in [0.1, 0.15) is 6.10 Å². The average molecular weight is 369 g/mol. The van der Waals surface area contributed by atoms with E-state index in [0.29, 0.717) is 6.61 Å². The second-order valence-corrected chi connectivity index (χ2v) is 6.31. The van der Waals surface area contributed by atoms with Crippen molar-refractivity contribution in [2.45, 2.75) is 97.5 Å². The monoisotopic (exact) mass is 368 g/mol. The lowest BCUT2D eigenvalue weighted by atomic mass is 10.1. The SMILES string of the molecule is C=CC(=O)OC(CC)CCCCC.C=CC(=O)OCCCCCCCC. The minimum atomic E-state index is -0.312. The Hall–Kier alpha value is -1.58. The molecule has 0 aromatic carbocycles. The van der Waals surface area contributed by atoms with Crippen molar-refractivity contribution in [1.29, 1.82) is 0 Å². The third-order valence-corrected chi connectivity index (χ3v) is 3.94. The Morgan fingerprint density at radius 1 is 0.808 bits per heavy atom. The first-order valence-corrected chi connectivity index (χ1v) is 10.2. The van der Waals surface area contributed by atoms with E-state index in [-0.39, 0.29) is 18.0 Å². The summed E-state index contributed by atoms with van der Waals surface area (Å²) in [6, 6.07) is 0. The van der Waals surface area contributed by atoms with Crippen molar-refractivity contribution in [3.8, 4) is 0 Å². The zero-order chi connectivity index (χ0) is 20.0. The van der Waals surface area contributed by atoms with E-state index in [2.05, 4.69) is 27.0 Å². The molecule has 0 bridgehead atoms. The number of ether oxygens (including phenoxy) is 2. The maximum atomic E-state index is 10.9. The zero-order valence-corrected chi connectivity index (χ0v) is 17.3. The van der Waals surface area contributed by atoms with Gasteiger partial charge in [-0.2, -0.15) is 0 Å². The smallest absolute Gasteiger partial charge is 0.330 e. The molecule has 0 aliphatic heterocycles. The van der Waals surface area contributed by atoms with Gasteiger partial charge in [-0.25, -0.2) is 9.59 Å². The molecule has 4 heteroatoms. The molecule has 0 aromatic rings. The quantitative estimate of drug-likeness (QED) is 0.198. The van der Waals surface area contributed by atoms with Gasteiger partial charge in [0.05, 0.1) is 6.61 Å². The van der Waals surface area contributed by atoms with Gasteiger partial charge in [0.2, 0.25) is 0 Å². The number of carbonyl (C=O) groups excluding carboxylic acids is 2. The summed E-state index contributed by atoms with van der Waals surface area (Å²) in [5.41, 5.74) is 0. The molecule has 0 N–H and O–H groups in total. The predicted molar refractivity (Wildman–Crippen MR) is 109 cm³/mol. The molecular formula is C22H40O4. The van der Waals surface area contributed by atoms with E-state index in [1.165, 1.54) is 50.7 Å². The van der Waals surface area contributed by atoms with E-state index in [1.54, 1.807) is 0 Å². The summed E-state index contributed by atoms with van der Waals surface area (Å²) in [6.07, 6.45) is 15.2. The van der Waals surface area contributed by atoms with E-state index in [1.807, 2.05) is 6.92 Å². The maximum Gasteiger partial charge on any atom is 0.330 e. The molecule has 0 aromatic heterocycles. The third-order valence-electron chi connectivity index (χ3n) is 3.94. The summed E-state index contributed by atoms with van der Waals surface area (Å²) in [5, 5.41) is 0. The lowest BCUT2D eigenvalue weighted by Gasteiger charge is -2.14. The van der Waals surface area contributed by atoms with Crippen LogP contribution in [0.5, 0.6) is 0 Å². The van der Waals surface area contributed by atoms with Crippen LogP contribution in [0.15, 0.2) is 25.3 Å². The first kappa shape index (κ1) is 26.6. The molecule has 0 heterocycles. The van der Waals surface area contributed by atoms with Gasteiger partial charge in [0, 0.05) is 12.2 Å².